The van der Waals surface area contributed by atoms with E-state index in [4.69, 9.17) is 17.2 Å². The average molecular weight is 784 g/mol. The van der Waals surface area contributed by atoms with Gasteiger partial charge in [-0.05, 0) is 38.8 Å². The van der Waals surface area contributed by atoms with Gasteiger partial charge in [0.25, 0.3) is 0 Å². The highest BCUT2D eigenvalue weighted by Gasteiger charge is 2.19. The molecular formula is C41H89N11O3. The molecule has 0 spiro atoms. The number of hydrogen-bond acceptors (Lipinski definition) is 12. The standard InChI is InChI=1S/C41H89N11O3/c1-4-7-8-9-10-11-12-13-14-15-16-39(41(54)55)37-40(53)48-26-32-51(28-19-44)38-52(31-25-46-21-6-3)36-35-50(30-24-47-22-17-42)34-33-49(27-18-43)29-23-45-20-5-2/h15-16,39,45-47H,4-14,17-38,42-44H2,1-3H3,(H,48,53)(H,54,55)/b16-15+. The summed E-state index contributed by atoms with van der Waals surface area (Å²) in [4.78, 5) is 34.5. The minimum Gasteiger partial charge on any atom is -0.481 e. The molecule has 0 radical (unpaired) electrons. The number of rotatable bonds is 43. The number of nitrogens with two attached hydrogens (primary N) is 3. The Morgan fingerprint density at radius 3 is 1.56 bits per heavy atom. The van der Waals surface area contributed by atoms with Crippen molar-refractivity contribution in [2.24, 2.45) is 23.1 Å². The fraction of sp³-hybridized carbons (Fsp3) is 0.902. The van der Waals surface area contributed by atoms with Crippen molar-refractivity contribution < 1.29 is 14.7 Å². The molecule has 0 heterocycles. The fourth-order valence-corrected chi connectivity index (χ4v) is 6.45. The molecule has 55 heavy (non-hydrogen) atoms. The lowest BCUT2D eigenvalue weighted by atomic mass is 10.0. The lowest BCUT2D eigenvalue weighted by Gasteiger charge is -2.33. The zero-order chi connectivity index (χ0) is 40.6. The second-order valence-electron chi connectivity index (χ2n) is 14.9. The van der Waals surface area contributed by atoms with Gasteiger partial charge in [-0.2, -0.15) is 0 Å². The molecule has 14 heteroatoms. The van der Waals surface area contributed by atoms with Gasteiger partial charge in [-0.1, -0.05) is 77.9 Å². The normalized spacial score (nSPS) is 12.6. The summed E-state index contributed by atoms with van der Waals surface area (Å²) in [5.74, 6) is -2.00. The van der Waals surface area contributed by atoms with E-state index in [1.807, 2.05) is 6.08 Å². The molecule has 0 fully saturated rings. The lowest BCUT2D eigenvalue weighted by Crippen LogP contribution is -2.49. The van der Waals surface area contributed by atoms with Gasteiger partial charge in [0.1, 0.15) is 0 Å². The first-order valence-corrected chi connectivity index (χ1v) is 22.1. The van der Waals surface area contributed by atoms with Gasteiger partial charge in [-0.3, -0.25) is 29.2 Å². The highest BCUT2D eigenvalue weighted by atomic mass is 16.4. The minimum absolute atomic E-state index is 0.0523. The van der Waals surface area contributed by atoms with Crippen molar-refractivity contribution in [3.63, 3.8) is 0 Å². The van der Waals surface area contributed by atoms with E-state index < -0.39 is 11.9 Å². The van der Waals surface area contributed by atoms with Crippen molar-refractivity contribution in [1.82, 2.24) is 40.9 Å². The van der Waals surface area contributed by atoms with Crippen LogP contribution in [-0.2, 0) is 9.59 Å². The van der Waals surface area contributed by atoms with Gasteiger partial charge in [-0.15, -0.1) is 0 Å². The summed E-state index contributed by atoms with van der Waals surface area (Å²) in [5, 5.41) is 23.3. The number of unbranched alkanes of at least 4 members (excludes halogenated alkanes) is 8. The first-order valence-electron chi connectivity index (χ1n) is 22.1. The summed E-state index contributed by atoms with van der Waals surface area (Å²) in [7, 11) is 0. The van der Waals surface area contributed by atoms with Crippen molar-refractivity contribution in [2.75, 3.05) is 138 Å². The van der Waals surface area contributed by atoms with Crippen LogP contribution in [0, 0.1) is 5.92 Å². The molecular weight excluding hydrogens is 695 g/mol. The second-order valence-corrected chi connectivity index (χ2v) is 14.9. The molecule has 0 saturated heterocycles. The SMILES string of the molecule is CCCCCCCCCC/C=C/C(CC(=O)NCCN(CCN)CN(CCNCCC)CCN(CCNCCN)CCN(CCN)CCNCCC)C(=O)O. The predicted octanol–water partition coefficient (Wildman–Crippen LogP) is 1.91. The number of carboxylic acids is 1. The number of allylic oxidation sites excluding steroid dienone is 1. The maximum atomic E-state index is 12.8. The number of aliphatic carboxylic acids is 1. The molecule has 1 amide bonds. The summed E-state index contributed by atoms with van der Waals surface area (Å²) in [5.41, 5.74) is 17.8. The number of carbonyl (C=O) groups is 2. The third kappa shape index (κ3) is 34.1. The first-order chi connectivity index (χ1) is 26.8. The van der Waals surface area contributed by atoms with Gasteiger partial charge in [0.15, 0.2) is 0 Å². The first kappa shape index (κ1) is 53.3. The van der Waals surface area contributed by atoms with Crippen molar-refractivity contribution >= 4 is 11.9 Å². The van der Waals surface area contributed by atoms with Crippen LogP contribution in [-0.4, -0.2) is 174 Å². The zero-order valence-corrected chi connectivity index (χ0v) is 35.9. The highest BCUT2D eigenvalue weighted by Crippen LogP contribution is 2.12. The number of nitrogens with one attached hydrogen (secondary N) is 4. The van der Waals surface area contributed by atoms with Gasteiger partial charge in [-0.25, -0.2) is 0 Å². The number of hydrogen-bond donors (Lipinski definition) is 8. The van der Waals surface area contributed by atoms with Gasteiger partial charge >= 0.3 is 5.97 Å². The molecule has 1 atom stereocenters. The summed E-state index contributed by atoms with van der Waals surface area (Å²) >= 11 is 0. The van der Waals surface area contributed by atoms with Crippen LogP contribution in [0.2, 0.25) is 0 Å². The van der Waals surface area contributed by atoms with Gasteiger partial charge < -0.3 is 43.6 Å². The maximum Gasteiger partial charge on any atom is 0.310 e. The summed E-state index contributed by atoms with van der Waals surface area (Å²) in [6, 6.07) is 0. The van der Waals surface area contributed by atoms with E-state index in [2.05, 4.69) is 61.6 Å². The van der Waals surface area contributed by atoms with E-state index in [1.165, 1.54) is 38.5 Å². The molecule has 0 aliphatic carbocycles. The van der Waals surface area contributed by atoms with Gasteiger partial charge in [0.05, 0.1) is 12.6 Å². The Hall–Kier alpha value is -1.72. The summed E-state index contributed by atoms with van der Waals surface area (Å²) in [6.45, 7) is 24.0. The molecule has 0 saturated carbocycles. The molecule has 0 aromatic carbocycles. The number of amides is 1. The van der Waals surface area contributed by atoms with Crippen LogP contribution in [0.25, 0.3) is 0 Å². The van der Waals surface area contributed by atoms with Crippen LogP contribution >= 0.6 is 0 Å². The van der Waals surface area contributed by atoms with E-state index in [0.717, 1.165) is 130 Å². The smallest absolute Gasteiger partial charge is 0.310 e. The zero-order valence-electron chi connectivity index (χ0n) is 35.9. The summed E-state index contributed by atoms with van der Waals surface area (Å²) < 4.78 is 0. The van der Waals surface area contributed by atoms with E-state index in [-0.39, 0.29) is 12.3 Å². The van der Waals surface area contributed by atoms with Crippen molar-refractivity contribution in [2.45, 2.75) is 97.8 Å². The van der Waals surface area contributed by atoms with Crippen LogP contribution in [0.5, 0.6) is 0 Å². The van der Waals surface area contributed by atoms with E-state index >= 15 is 0 Å². The molecule has 0 aliphatic heterocycles. The predicted molar refractivity (Wildman–Crippen MR) is 232 cm³/mol. The maximum absolute atomic E-state index is 12.8. The van der Waals surface area contributed by atoms with Crippen molar-refractivity contribution in [1.29, 1.82) is 0 Å². The molecule has 0 aromatic heterocycles. The third-order valence-electron chi connectivity index (χ3n) is 9.81. The topological polar surface area (TPSA) is 194 Å². The molecule has 11 N–H and O–H groups in total. The van der Waals surface area contributed by atoms with E-state index in [1.54, 1.807) is 6.08 Å². The van der Waals surface area contributed by atoms with Crippen LogP contribution in [0.4, 0.5) is 0 Å². The number of carboxylic acid groups (broad SMARTS) is 1. The molecule has 0 aliphatic rings. The molecule has 0 bridgehead atoms. The van der Waals surface area contributed by atoms with Crippen LogP contribution < -0.4 is 38.5 Å². The van der Waals surface area contributed by atoms with Gasteiger partial charge in [0, 0.05) is 124 Å². The second kappa shape index (κ2) is 40.5. The van der Waals surface area contributed by atoms with Crippen molar-refractivity contribution in [3.05, 3.63) is 12.2 Å². The lowest BCUT2D eigenvalue weighted by molar-refractivity contribution is -0.142. The third-order valence-corrected chi connectivity index (χ3v) is 9.81. The van der Waals surface area contributed by atoms with Crippen LogP contribution in [0.15, 0.2) is 12.2 Å². The number of nitrogens with zero attached hydrogens (tertiary/aromatic N) is 4. The Kier molecular flexibility index (Phi) is 39.2. The minimum atomic E-state index is -0.959. The Morgan fingerprint density at radius 2 is 1.02 bits per heavy atom. The molecule has 0 aromatic rings. The Bertz CT molecular complexity index is 886. The van der Waals surface area contributed by atoms with Crippen LogP contribution in [0.1, 0.15) is 97.8 Å². The van der Waals surface area contributed by atoms with Crippen LogP contribution in [0.3, 0.4) is 0 Å². The molecule has 0 rings (SSSR count). The monoisotopic (exact) mass is 784 g/mol. The Morgan fingerprint density at radius 1 is 0.545 bits per heavy atom. The molecule has 326 valence electrons. The Balaban J connectivity index is 5.19. The Labute approximate surface area is 337 Å². The molecule has 1 unspecified atom stereocenters. The average Bonchev–Trinajstić information content (AvgIpc) is 3.17. The van der Waals surface area contributed by atoms with E-state index in [9.17, 15) is 14.7 Å². The molecule has 14 nitrogen and oxygen atoms in total. The highest BCUT2D eigenvalue weighted by molar-refractivity contribution is 5.83. The number of carbonyl (C=O) groups excluding carboxylic acids is 1. The largest absolute Gasteiger partial charge is 0.481 e. The summed E-state index contributed by atoms with van der Waals surface area (Å²) in [6.07, 6.45) is 16.6. The fourth-order valence-electron chi connectivity index (χ4n) is 6.45. The van der Waals surface area contributed by atoms with Crippen molar-refractivity contribution in [3.8, 4) is 0 Å². The van der Waals surface area contributed by atoms with Gasteiger partial charge in [0.2, 0.25) is 5.91 Å². The van der Waals surface area contributed by atoms with E-state index in [0.29, 0.717) is 39.3 Å². The quantitative estimate of drug-likeness (QED) is 0.0254.